The maximum Gasteiger partial charge on any atom is 0.248 e. The first kappa shape index (κ1) is 24.2. The molecule has 0 aliphatic rings. The van der Waals surface area contributed by atoms with E-state index in [2.05, 4.69) is 65.2 Å². The summed E-state index contributed by atoms with van der Waals surface area (Å²) < 4.78 is 1.74. The number of aromatic nitrogens is 3. The molecule has 3 aromatic carbocycles. The minimum atomic E-state index is -0.517. The van der Waals surface area contributed by atoms with Crippen molar-refractivity contribution in [3.8, 4) is 33.8 Å². The highest BCUT2D eigenvalue weighted by atomic mass is 16.3. The molecule has 0 aliphatic carbocycles. The maximum atomic E-state index is 11.7. The Hall–Kier alpha value is -4.49. The largest absolute Gasteiger partial charge is 0.504 e. The lowest BCUT2D eigenvalue weighted by Crippen LogP contribution is -2.18. The summed E-state index contributed by atoms with van der Waals surface area (Å²) in [6, 6.07) is 23.4. The van der Waals surface area contributed by atoms with Crippen LogP contribution in [0.5, 0.6) is 5.75 Å². The normalized spacial score (nSPS) is 11.3. The number of imidazole rings is 1. The molecule has 7 heteroatoms. The molecule has 2 heterocycles. The molecule has 7 nitrogen and oxygen atoms in total. The van der Waals surface area contributed by atoms with Gasteiger partial charge in [-0.1, -0.05) is 61.5 Å². The van der Waals surface area contributed by atoms with Crippen LogP contribution < -0.4 is 5.73 Å². The molecular weight excluding hydrogens is 462 g/mol. The number of amides is 1. The lowest BCUT2D eigenvalue weighted by atomic mass is 9.97. The van der Waals surface area contributed by atoms with Crippen molar-refractivity contribution >= 4 is 16.9 Å². The Morgan fingerprint density at radius 2 is 1.76 bits per heavy atom. The van der Waals surface area contributed by atoms with Crippen LogP contribution in [0, 0.1) is 0 Å². The standard InChI is InChI=1S/C30H29N5O2/c1-3-15-34(2)18-23-7-4-5-10-25(23)20-11-13-21(14-12-20)27-29(36)28-26(17-32-27)33-19-35(28)24-9-6-8-22(16-24)30(31)37/h4-14,16-17,19,36H,3,15,18H2,1-2H3,(H2,31,37). The number of pyridine rings is 1. The summed E-state index contributed by atoms with van der Waals surface area (Å²) in [6.45, 7) is 4.11. The molecule has 3 N–H and O–H groups in total. The topological polar surface area (TPSA) is 97.3 Å². The number of aromatic hydroxyl groups is 1. The van der Waals surface area contributed by atoms with Crippen LogP contribution in [0.2, 0.25) is 0 Å². The van der Waals surface area contributed by atoms with Crippen molar-refractivity contribution in [1.29, 1.82) is 0 Å². The van der Waals surface area contributed by atoms with Gasteiger partial charge in [-0.05, 0) is 54.9 Å². The van der Waals surface area contributed by atoms with E-state index < -0.39 is 5.91 Å². The average molecular weight is 492 g/mol. The van der Waals surface area contributed by atoms with Crippen molar-refractivity contribution in [2.24, 2.45) is 5.73 Å². The van der Waals surface area contributed by atoms with Crippen molar-refractivity contribution < 1.29 is 9.90 Å². The molecule has 5 aromatic rings. The van der Waals surface area contributed by atoms with Crippen LogP contribution in [-0.4, -0.2) is 44.0 Å². The third-order valence-corrected chi connectivity index (χ3v) is 6.50. The molecular formula is C30H29N5O2. The van der Waals surface area contributed by atoms with E-state index in [4.69, 9.17) is 5.73 Å². The number of hydrogen-bond donors (Lipinski definition) is 2. The fourth-order valence-corrected chi connectivity index (χ4v) is 4.71. The monoisotopic (exact) mass is 491 g/mol. The number of fused-ring (bicyclic) bond motifs is 1. The third-order valence-electron chi connectivity index (χ3n) is 6.50. The first-order valence-corrected chi connectivity index (χ1v) is 12.3. The number of hydrogen-bond acceptors (Lipinski definition) is 5. The summed E-state index contributed by atoms with van der Waals surface area (Å²) in [4.78, 5) is 22.9. The van der Waals surface area contributed by atoms with Gasteiger partial charge in [0.15, 0.2) is 5.75 Å². The molecule has 0 saturated carbocycles. The van der Waals surface area contributed by atoms with Gasteiger partial charge >= 0.3 is 0 Å². The van der Waals surface area contributed by atoms with Gasteiger partial charge in [-0.25, -0.2) is 9.97 Å². The summed E-state index contributed by atoms with van der Waals surface area (Å²) in [6.07, 6.45) is 4.36. The molecule has 0 bridgehead atoms. The lowest BCUT2D eigenvalue weighted by molar-refractivity contribution is 0.1000. The molecule has 1 amide bonds. The van der Waals surface area contributed by atoms with Gasteiger partial charge in [0.05, 0.1) is 6.20 Å². The quantitative estimate of drug-likeness (QED) is 0.303. The minimum Gasteiger partial charge on any atom is -0.504 e. The number of nitrogens with two attached hydrogens (primary N) is 1. The molecule has 0 aliphatic heterocycles. The minimum absolute atomic E-state index is 0.0221. The van der Waals surface area contributed by atoms with E-state index in [0.29, 0.717) is 28.0 Å². The molecule has 37 heavy (non-hydrogen) atoms. The van der Waals surface area contributed by atoms with Crippen LogP contribution >= 0.6 is 0 Å². The number of carbonyl (C=O) groups is 1. The molecule has 0 saturated heterocycles. The molecule has 5 rings (SSSR count). The van der Waals surface area contributed by atoms with Crippen LogP contribution in [0.4, 0.5) is 0 Å². The predicted molar refractivity (Wildman–Crippen MR) is 147 cm³/mol. The summed E-state index contributed by atoms with van der Waals surface area (Å²) >= 11 is 0. The van der Waals surface area contributed by atoms with Crippen molar-refractivity contribution in [2.75, 3.05) is 13.6 Å². The molecule has 0 atom stereocenters. The Kier molecular flexibility index (Phi) is 6.70. The van der Waals surface area contributed by atoms with Crippen molar-refractivity contribution in [1.82, 2.24) is 19.4 Å². The molecule has 0 spiro atoms. The van der Waals surface area contributed by atoms with Crippen LogP contribution in [0.3, 0.4) is 0 Å². The zero-order chi connectivity index (χ0) is 25.9. The Morgan fingerprint density at radius 1 is 1.00 bits per heavy atom. The molecule has 0 fully saturated rings. The number of rotatable bonds is 8. The first-order chi connectivity index (χ1) is 18.0. The first-order valence-electron chi connectivity index (χ1n) is 12.3. The van der Waals surface area contributed by atoms with E-state index in [9.17, 15) is 9.90 Å². The molecule has 0 radical (unpaired) electrons. The Morgan fingerprint density at radius 3 is 2.51 bits per heavy atom. The third kappa shape index (κ3) is 4.81. The number of nitrogens with zero attached hydrogens (tertiary/aromatic N) is 4. The van der Waals surface area contributed by atoms with Gasteiger partial charge in [-0.2, -0.15) is 0 Å². The van der Waals surface area contributed by atoms with Gasteiger partial charge in [0.1, 0.15) is 23.1 Å². The Bertz CT molecular complexity index is 1570. The fourth-order valence-electron chi connectivity index (χ4n) is 4.71. The van der Waals surface area contributed by atoms with E-state index in [-0.39, 0.29) is 5.75 Å². The smallest absolute Gasteiger partial charge is 0.248 e. The van der Waals surface area contributed by atoms with Crippen LogP contribution in [-0.2, 0) is 6.54 Å². The SMILES string of the molecule is CCCN(C)Cc1ccccc1-c1ccc(-c2ncc3ncn(-c4cccc(C(N)=O)c4)c3c2O)cc1. The van der Waals surface area contributed by atoms with E-state index in [1.54, 1.807) is 35.3 Å². The highest BCUT2D eigenvalue weighted by Gasteiger charge is 2.17. The van der Waals surface area contributed by atoms with Gasteiger partial charge < -0.3 is 15.7 Å². The van der Waals surface area contributed by atoms with Crippen LogP contribution in [0.25, 0.3) is 39.1 Å². The molecule has 186 valence electrons. The van der Waals surface area contributed by atoms with Crippen molar-refractivity contribution in [2.45, 2.75) is 19.9 Å². The second-order valence-electron chi connectivity index (χ2n) is 9.19. The highest BCUT2D eigenvalue weighted by Crippen LogP contribution is 2.36. The number of primary amides is 1. The number of benzene rings is 3. The van der Waals surface area contributed by atoms with Gasteiger partial charge in [0.25, 0.3) is 0 Å². The molecule has 0 unspecified atom stereocenters. The summed E-state index contributed by atoms with van der Waals surface area (Å²) in [5, 5.41) is 11.3. The summed E-state index contributed by atoms with van der Waals surface area (Å²) in [5.74, 6) is -0.495. The Labute approximate surface area is 215 Å². The van der Waals surface area contributed by atoms with Crippen molar-refractivity contribution in [3.63, 3.8) is 0 Å². The lowest BCUT2D eigenvalue weighted by Gasteiger charge is -2.18. The second kappa shape index (κ2) is 10.2. The highest BCUT2D eigenvalue weighted by molar-refractivity contribution is 5.94. The van der Waals surface area contributed by atoms with Gasteiger partial charge in [0.2, 0.25) is 5.91 Å². The van der Waals surface area contributed by atoms with E-state index in [0.717, 1.165) is 30.6 Å². The average Bonchev–Trinajstić information content (AvgIpc) is 3.35. The predicted octanol–water partition coefficient (Wildman–Crippen LogP) is 5.40. The van der Waals surface area contributed by atoms with Crippen molar-refractivity contribution in [3.05, 3.63) is 96.4 Å². The van der Waals surface area contributed by atoms with E-state index in [1.165, 1.54) is 11.1 Å². The van der Waals surface area contributed by atoms with E-state index in [1.807, 2.05) is 18.2 Å². The second-order valence-corrected chi connectivity index (χ2v) is 9.19. The molecule has 2 aromatic heterocycles. The maximum absolute atomic E-state index is 11.7. The zero-order valence-corrected chi connectivity index (χ0v) is 20.9. The summed E-state index contributed by atoms with van der Waals surface area (Å²) in [7, 11) is 2.14. The van der Waals surface area contributed by atoms with Crippen LogP contribution in [0.1, 0.15) is 29.3 Å². The number of carbonyl (C=O) groups excluding carboxylic acids is 1. The fraction of sp³-hybridized carbons (Fsp3) is 0.167. The van der Waals surface area contributed by atoms with E-state index >= 15 is 0 Å². The van der Waals surface area contributed by atoms with Gasteiger partial charge in [-0.3, -0.25) is 9.36 Å². The summed E-state index contributed by atoms with van der Waals surface area (Å²) in [5.41, 5.74) is 12.4. The zero-order valence-electron chi connectivity index (χ0n) is 20.9. The van der Waals surface area contributed by atoms with Gasteiger partial charge in [0, 0.05) is 23.4 Å². The van der Waals surface area contributed by atoms with Crippen LogP contribution in [0.15, 0.2) is 85.3 Å². The Balaban J connectivity index is 1.51. The van der Waals surface area contributed by atoms with Gasteiger partial charge in [-0.15, -0.1) is 0 Å².